The van der Waals surface area contributed by atoms with Gasteiger partial charge < -0.3 is 21.3 Å². The molecular formula is C27H37ClN4O3. The van der Waals surface area contributed by atoms with E-state index in [1.54, 1.807) is 11.8 Å². The monoisotopic (exact) mass is 500 g/mol. The fourth-order valence-corrected chi connectivity index (χ4v) is 4.40. The molecule has 0 saturated carbocycles. The van der Waals surface area contributed by atoms with Crippen LogP contribution in [-0.2, 0) is 14.4 Å². The quantitative estimate of drug-likeness (QED) is 0.492. The number of carbonyl (C=O) groups excluding carboxylic acids is 3. The van der Waals surface area contributed by atoms with Crippen LogP contribution in [0.25, 0.3) is 0 Å². The van der Waals surface area contributed by atoms with Crippen LogP contribution in [0.2, 0.25) is 0 Å². The molecule has 35 heavy (non-hydrogen) atoms. The Morgan fingerprint density at radius 1 is 0.971 bits per heavy atom. The van der Waals surface area contributed by atoms with Crippen molar-refractivity contribution in [3.63, 3.8) is 0 Å². The third-order valence-electron chi connectivity index (χ3n) is 6.37. The van der Waals surface area contributed by atoms with Gasteiger partial charge >= 0.3 is 0 Å². The zero-order valence-electron chi connectivity index (χ0n) is 20.6. The highest BCUT2D eigenvalue weighted by molar-refractivity contribution is 5.93. The highest BCUT2D eigenvalue weighted by atomic mass is 35.5. The van der Waals surface area contributed by atoms with E-state index in [1.807, 2.05) is 50.2 Å². The van der Waals surface area contributed by atoms with Crippen LogP contribution in [0.1, 0.15) is 50.7 Å². The van der Waals surface area contributed by atoms with Crippen molar-refractivity contribution in [2.45, 2.75) is 57.7 Å². The number of hydrogen-bond acceptors (Lipinski definition) is 4. The molecule has 0 aliphatic carbocycles. The molecule has 1 fully saturated rings. The maximum Gasteiger partial charge on any atom is 0.246 e. The molecule has 2 aromatic carbocycles. The third kappa shape index (κ3) is 7.29. The fraction of sp³-hybridized carbons (Fsp3) is 0.444. The first-order valence-electron chi connectivity index (χ1n) is 12.0. The van der Waals surface area contributed by atoms with Crippen molar-refractivity contribution in [2.75, 3.05) is 13.1 Å². The van der Waals surface area contributed by atoms with E-state index in [0.29, 0.717) is 19.5 Å². The fourth-order valence-electron chi connectivity index (χ4n) is 4.40. The molecule has 2 aromatic rings. The van der Waals surface area contributed by atoms with E-state index in [1.165, 1.54) is 0 Å². The largest absolute Gasteiger partial charge is 0.353 e. The zero-order valence-corrected chi connectivity index (χ0v) is 21.5. The summed E-state index contributed by atoms with van der Waals surface area (Å²) in [4.78, 5) is 40.3. The molecule has 3 atom stereocenters. The van der Waals surface area contributed by atoms with Gasteiger partial charge in [0.05, 0.1) is 6.04 Å². The highest BCUT2D eigenvalue weighted by Crippen LogP contribution is 2.25. The van der Waals surface area contributed by atoms with Gasteiger partial charge in [-0.05, 0) is 36.8 Å². The van der Waals surface area contributed by atoms with Crippen LogP contribution in [0.3, 0.4) is 0 Å². The van der Waals surface area contributed by atoms with Crippen molar-refractivity contribution >= 4 is 30.1 Å². The van der Waals surface area contributed by atoms with Gasteiger partial charge in [0.2, 0.25) is 17.7 Å². The van der Waals surface area contributed by atoms with Gasteiger partial charge in [0, 0.05) is 19.0 Å². The summed E-state index contributed by atoms with van der Waals surface area (Å²) in [6.07, 6.45) is 1.35. The van der Waals surface area contributed by atoms with E-state index in [2.05, 4.69) is 34.9 Å². The molecule has 1 saturated heterocycles. The van der Waals surface area contributed by atoms with Crippen LogP contribution in [0, 0.1) is 5.92 Å². The second-order valence-corrected chi connectivity index (χ2v) is 9.33. The van der Waals surface area contributed by atoms with Crippen molar-refractivity contribution in [2.24, 2.45) is 11.7 Å². The van der Waals surface area contributed by atoms with Crippen molar-refractivity contribution in [3.8, 4) is 0 Å². The lowest BCUT2D eigenvalue weighted by Gasteiger charge is -2.31. The minimum atomic E-state index is -0.715. The molecule has 1 aliphatic rings. The van der Waals surface area contributed by atoms with Gasteiger partial charge in [-0.3, -0.25) is 14.4 Å². The average molecular weight is 501 g/mol. The Morgan fingerprint density at radius 2 is 1.51 bits per heavy atom. The van der Waals surface area contributed by atoms with Crippen LogP contribution in [-0.4, -0.2) is 53.8 Å². The number of nitrogens with two attached hydrogens (primary N) is 1. The molecule has 8 heteroatoms. The zero-order chi connectivity index (χ0) is 24.7. The lowest BCUT2D eigenvalue weighted by molar-refractivity contribution is -0.142. The SMILES string of the molecule is CC(C)[C@H](NC(=O)[C@H](C)N)C(=O)N1CCC[C@H]1C(=O)NCC(c1ccccc1)c1ccccc1.Cl. The summed E-state index contributed by atoms with van der Waals surface area (Å²) in [5.41, 5.74) is 7.91. The first-order valence-corrected chi connectivity index (χ1v) is 12.0. The summed E-state index contributed by atoms with van der Waals surface area (Å²) in [5, 5.41) is 5.85. The van der Waals surface area contributed by atoms with Crippen LogP contribution in [0.15, 0.2) is 60.7 Å². The smallest absolute Gasteiger partial charge is 0.246 e. The van der Waals surface area contributed by atoms with Crippen LogP contribution in [0.5, 0.6) is 0 Å². The van der Waals surface area contributed by atoms with Crippen LogP contribution >= 0.6 is 12.4 Å². The highest BCUT2D eigenvalue weighted by Gasteiger charge is 2.38. The Kier molecular flexibility index (Phi) is 10.7. The minimum Gasteiger partial charge on any atom is -0.353 e. The van der Waals surface area contributed by atoms with E-state index in [0.717, 1.165) is 17.5 Å². The molecule has 0 aromatic heterocycles. The molecule has 7 nitrogen and oxygen atoms in total. The average Bonchev–Trinajstić information content (AvgIpc) is 3.33. The number of rotatable bonds is 9. The van der Waals surface area contributed by atoms with Crippen LogP contribution < -0.4 is 16.4 Å². The summed E-state index contributed by atoms with van der Waals surface area (Å²) in [5.74, 6) is -0.889. The first-order chi connectivity index (χ1) is 16.3. The molecule has 0 bridgehead atoms. The Hall–Kier alpha value is -2.90. The maximum atomic E-state index is 13.3. The Bertz CT molecular complexity index is 929. The molecule has 1 aliphatic heterocycles. The number of benzene rings is 2. The molecule has 1 heterocycles. The maximum absolute atomic E-state index is 13.3. The lowest BCUT2D eigenvalue weighted by atomic mass is 9.91. The number of likely N-dealkylation sites (tertiary alicyclic amines) is 1. The second kappa shape index (κ2) is 13.3. The van der Waals surface area contributed by atoms with Gasteiger partial charge in [0.15, 0.2) is 0 Å². The van der Waals surface area contributed by atoms with Crippen molar-refractivity contribution in [1.82, 2.24) is 15.5 Å². The molecule has 3 amide bonds. The summed E-state index contributed by atoms with van der Waals surface area (Å²) >= 11 is 0. The molecular weight excluding hydrogens is 464 g/mol. The van der Waals surface area contributed by atoms with Gasteiger partial charge in [-0.1, -0.05) is 74.5 Å². The first kappa shape index (κ1) is 28.3. The molecule has 190 valence electrons. The van der Waals surface area contributed by atoms with Crippen molar-refractivity contribution in [1.29, 1.82) is 0 Å². The van der Waals surface area contributed by atoms with E-state index >= 15 is 0 Å². The summed E-state index contributed by atoms with van der Waals surface area (Å²) in [7, 11) is 0. The number of nitrogens with zero attached hydrogens (tertiary/aromatic N) is 1. The second-order valence-electron chi connectivity index (χ2n) is 9.33. The third-order valence-corrected chi connectivity index (χ3v) is 6.37. The lowest BCUT2D eigenvalue weighted by Crippen LogP contribution is -2.57. The number of carbonyl (C=O) groups is 3. The van der Waals surface area contributed by atoms with E-state index in [-0.39, 0.29) is 42.0 Å². The molecule has 4 N–H and O–H groups in total. The molecule has 0 radical (unpaired) electrons. The predicted molar refractivity (Wildman–Crippen MR) is 140 cm³/mol. The number of halogens is 1. The van der Waals surface area contributed by atoms with Gasteiger partial charge in [0.25, 0.3) is 0 Å². The van der Waals surface area contributed by atoms with Gasteiger partial charge in [-0.25, -0.2) is 0 Å². The summed E-state index contributed by atoms with van der Waals surface area (Å²) in [6, 6.07) is 18.2. The Labute approximate surface area is 214 Å². The molecule has 0 spiro atoms. The Morgan fingerprint density at radius 3 is 2.00 bits per heavy atom. The number of nitrogens with one attached hydrogen (secondary N) is 2. The van der Waals surface area contributed by atoms with Gasteiger partial charge in [0.1, 0.15) is 12.1 Å². The van der Waals surface area contributed by atoms with Gasteiger partial charge in [-0.15, -0.1) is 12.4 Å². The van der Waals surface area contributed by atoms with Crippen molar-refractivity contribution < 1.29 is 14.4 Å². The topological polar surface area (TPSA) is 105 Å². The van der Waals surface area contributed by atoms with E-state index in [9.17, 15) is 14.4 Å². The van der Waals surface area contributed by atoms with E-state index < -0.39 is 18.1 Å². The van der Waals surface area contributed by atoms with Gasteiger partial charge in [-0.2, -0.15) is 0 Å². The number of amides is 3. The number of hydrogen-bond donors (Lipinski definition) is 3. The predicted octanol–water partition coefficient (Wildman–Crippen LogP) is 2.84. The summed E-state index contributed by atoms with van der Waals surface area (Å²) in [6.45, 7) is 6.26. The minimum absolute atomic E-state index is 0. The Balaban J connectivity index is 0.00000432. The normalized spacial score (nSPS) is 17.0. The van der Waals surface area contributed by atoms with Crippen molar-refractivity contribution in [3.05, 3.63) is 71.8 Å². The van der Waals surface area contributed by atoms with E-state index in [4.69, 9.17) is 5.73 Å². The van der Waals surface area contributed by atoms with Crippen LogP contribution in [0.4, 0.5) is 0 Å². The summed E-state index contributed by atoms with van der Waals surface area (Å²) < 4.78 is 0. The molecule has 0 unspecified atom stereocenters. The standard InChI is InChI=1S/C27H36N4O3.ClH/c1-18(2)24(30-25(32)19(3)28)27(34)31-16-10-15-23(31)26(33)29-17-22(20-11-6-4-7-12-20)21-13-8-5-9-14-21;/h4-9,11-14,18-19,22-24H,10,15-17,28H2,1-3H3,(H,29,33)(H,30,32);1H/t19-,23-,24-;/m0./s1. The molecule has 3 rings (SSSR count).